The maximum Gasteiger partial charge on any atom is 0.251 e. The molecule has 2 amide bonds. The van der Waals surface area contributed by atoms with Crippen LogP contribution in [0.4, 0.5) is 5.69 Å². The summed E-state index contributed by atoms with van der Waals surface area (Å²) >= 11 is 0. The highest BCUT2D eigenvalue weighted by Crippen LogP contribution is 2.35. The molecule has 4 rings (SSSR count). The number of nitrogens with one attached hydrogen (secondary N) is 1. The molecular formula is C25H30N2O4. The first-order valence-electron chi connectivity index (χ1n) is 11.0. The van der Waals surface area contributed by atoms with E-state index >= 15 is 0 Å². The Hall–Kier alpha value is -2.86. The minimum atomic E-state index is -0.152. The number of hydrogen-bond acceptors (Lipinski definition) is 4. The van der Waals surface area contributed by atoms with Gasteiger partial charge in [-0.1, -0.05) is 19.1 Å². The summed E-state index contributed by atoms with van der Waals surface area (Å²) < 4.78 is 10.9. The van der Waals surface area contributed by atoms with Gasteiger partial charge in [0, 0.05) is 49.4 Å². The molecule has 2 aromatic carbocycles. The van der Waals surface area contributed by atoms with Crippen LogP contribution in [-0.4, -0.2) is 45.2 Å². The number of carbonyl (C=O) groups is 2. The minimum Gasteiger partial charge on any atom is -0.497 e. The standard InChI is InChI=1S/C25H30N2O4/c1-3-23(28)27-13-10-18-16-19(4-9-22(18)27)24(29)26-17-25(11-14-31-15-12-25)20-5-7-21(30-2)8-6-20/h4-9,16H,3,10-15,17H2,1-2H3,(H,26,29). The van der Waals surface area contributed by atoms with Crippen LogP contribution in [0, 0.1) is 0 Å². The van der Waals surface area contributed by atoms with Crippen molar-refractivity contribution in [3.05, 3.63) is 59.2 Å². The van der Waals surface area contributed by atoms with Gasteiger partial charge >= 0.3 is 0 Å². The second-order valence-corrected chi connectivity index (χ2v) is 8.30. The number of hydrogen-bond donors (Lipinski definition) is 1. The van der Waals surface area contributed by atoms with E-state index in [1.54, 1.807) is 7.11 Å². The number of nitrogens with zero attached hydrogens (tertiary/aromatic N) is 1. The van der Waals surface area contributed by atoms with Crippen LogP contribution in [-0.2, 0) is 21.4 Å². The van der Waals surface area contributed by atoms with E-state index in [1.165, 1.54) is 5.56 Å². The van der Waals surface area contributed by atoms with Crippen LogP contribution in [0.2, 0.25) is 0 Å². The second kappa shape index (κ2) is 9.10. The molecule has 0 spiro atoms. The smallest absolute Gasteiger partial charge is 0.251 e. The fourth-order valence-corrected chi connectivity index (χ4v) is 4.62. The zero-order valence-corrected chi connectivity index (χ0v) is 18.3. The largest absolute Gasteiger partial charge is 0.497 e. The number of carbonyl (C=O) groups excluding carboxylic acids is 2. The van der Waals surface area contributed by atoms with Crippen LogP contribution in [0.5, 0.6) is 5.75 Å². The molecule has 0 aromatic heterocycles. The number of methoxy groups -OCH3 is 1. The molecule has 2 aliphatic heterocycles. The van der Waals surface area contributed by atoms with Gasteiger partial charge in [-0.05, 0) is 60.7 Å². The number of rotatable bonds is 6. The van der Waals surface area contributed by atoms with E-state index in [0.717, 1.165) is 36.3 Å². The molecule has 164 valence electrons. The number of amides is 2. The molecule has 2 aliphatic rings. The Labute approximate surface area is 183 Å². The topological polar surface area (TPSA) is 67.9 Å². The summed E-state index contributed by atoms with van der Waals surface area (Å²) in [5, 5.41) is 3.17. The molecule has 0 radical (unpaired) electrons. The number of anilines is 1. The van der Waals surface area contributed by atoms with Gasteiger partial charge in [-0.2, -0.15) is 0 Å². The molecule has 0 atom stereocenters. The molecule has 1 fully saturated rings. The lowest BCUT2D eigenvalue weighted by atomic mass is 9.74. The van der Waals surface area contributed by atoms with Crippen molar-refractivity contribution in [2.75, 3.05) is 38.3 Å². The Balaban J connectivity index is 1.49. The summed E-state index contributed by atoms with van der Waals surface area (Å²) in [6, 6.07) is 13.8. The van der Waals surface area contributed by atoms with Crippen LogP contribution in [0.15, 0.2) is 42.5 Å². The quantitative estimate of drug-likeness (QED) is 0.774. The highest BCUT2D eigenvalue weighted by molar-refractivity contribution is 5.98. The van der Waals surface area contributed by atoms with E-state index in [-0.39, 0.29) is 17.2 Å². The van der Waals surface area contributed by atoms with Gasteiger partial charge in [0.1, 0.15) is 5.75 Å². The molecule has 31 heavy (non-hydrogen) atoms. The fourth-order valence-electron chi connectivity index (χ4n) is 4.62. The van der Waals surface area contributed by atoms with Crippen LogP contribution < -0.4 is 15.0 Å². The van der Waals surface area contributed by atoms with Gasteiger partial charge in [0.05, 0.1) is 7.11 Å². The first-order valence-corrected chi connectivity index (χ1v) is 11.0. The van der Waals surface area contributed by atoms with Crippen molar-refractivity contribution in [3.8, 4) is 5.75 Å². The summed E-state index contributed by atoms with van der Waals surface area (Å²) in [5.41, 5.74) is 3.68. The molecule has 2 heterocycles. The molecule has 1 saturated heterocycles. The Bertz CT molecular complexity index is 948. The van der Waals surface area contributed by atoms with Crippen LogP contribution in [0.3, 0.4) is 0 Å². The summed E-state index contributed by atoms with van der Waals surface area (Å²) in [5.74, 6) is 0.864. The third-order valence-electron chi connectivity index (χ3n) is 6.58. The van der Waals surface area contributed by atoms with Crippen LogP contribution >= 0.6 is 0 Å². The zero-order valence-electron chi connectivity index (χ0n) is 18.3. The molecule has 0 saturated carbocycles. The van der Waals surface area contributed by atoms with Crippen LogP contribution in [0.25, 0.3) is 0 Å². The number of fused-ring (bicyclic) bond motifs is 1. The van der Waals surface area contributed by atoms with Gasteiger partial charge in [0.25, 0.3) is 5.91 Å². The molecule has 0 bridgehead atoms. The van der Waals surface area contributed by atoms with Crippen molar-refractivity contribution in [3.63, 3.8) is 0 Å². The van der Waals surface area contributed by atoms with E-state index in [1.807, 2.05) is 42.2 Å². The average molecular weight is 423 g/mol. The van der Waals surface area contributed by atoms with Crippen molar-refractivity contribution in [1.29, 1.82) is 0 Å². The van der Waals surface area contributed by atoms with E-state index in [9.17, 15) is 9.59 Å². The average Bonchev–Trinajstić information content (AvgIpc) is 3.26. The second-order valence-electron chi connectivity index (χ2n) is 8.30. The van der Waals surface area contributed by atoms with Gasteiger partial charge < -0.3 is 19.7 Å². The Morgan fingerprint density at radius 1 is 1.13 bits per heavy atom. The minimum absolute atomic E-state index is 0.0811. The molecule has 1 N–H and O–H groups in total. The van der Waals surface area contributed by atoms with Crippen molar-refractivity contribution in [2.45, 2.75) is 38.0 Å². The van der Waals surface area contributed by atoms with Crippen molar-refractivity contribution >= 4 is 17.5 Å². The monoisotopic (exact) mass is 422 g/mol. The third kappa shape index (κ3) is 4.30. The van der Waals surface area contributed by atoms with Gasteiger partial charge in [0.15, 0.2) is 0 Å². The van der Waals surface area contributed by atoms with E-state index < -0.39 is 0 Å². The Morgan fingerprint density at radius 2 is 1.87 bits per heavy atom. The SMILES string of the molecule is CCC(=O)N1CCc2cc(C(=O)NCC3(c4ccc(OC)cc4)CCOCC3)ccc21. The van der Waals surface area contributed by atoms with Crippen LogP contribution in [0.1, 0.15) is 47.7 Å². The predicted molar refractivity (Wildman–Crippen MR) is 120 cm³/mol. The molecule has 0 aliphatic carbocycles. The lowest BCUT2D eigenvalue weighted by molar-refractivity contribution is -0.118. The third-order valence-corrected chi connectivity index (χ3v) is 6.58. The summed E-state index contributed by atoms with van der Waals surface area (Å²) in [4.78, 5) is 26.9. The number of benzene rings is 2. The van der Waals surface area contributed by atoms with E-state index in [4.69, 9.17) is 9.47 Å². The van der Waals surface area contributed by atoms with Gasteiger partial charge in [0.2, 0.25) is 5.91 Å². The maximum absolute atomic E-state index is 13.0. The molecule has 6 nitrogen and oxygen atoms in total. The van der Waals surface area contributed by atoms with Crippen molar-refractivity contribution in [1.82, 2.24) is 5.32 Å². The molecule has 6 heteroatoms. The Morgan fingerprint density at radius 3 is 2.55 bits per heavy atom. The van der Waals surface area contributed by atoms with Gasteiger partial charge in [-0.15, -0.1) is 0 Å². The predicted octanol–water partition coefficient (Wildman–Crippen LogP) is 3.47. The summed E-state index contributed by atoms with van der Waals surface area (Å²) in [7, 11) is 1.66. The maximum atomic E-state index is 13.0. The van der Waals surface area contributed by atoms with E-state index in [0.29, 0.717) is 38.3 Å². The fraction of sp³-hybridized carbons (Fsp3) is 0.440. The zero-order chi connectivity index (χ0) is 21.8. The highest BCUT2D eigenvalue weighted by atomic mass is 16.5. The lowest BCUT2D eigenvalue weighted by Crippen LogP contribution is -2.44. The molecule has 0 unspecified atom stereocenters. The Kier molecular flexibility index (Phi) is 6.28. The van der Waals surface area contributed by atoms with Gasteiger partial charge in [-0.25, -0.2) is 0 Å². The molecular weight excluding hydrogens is 392 g/mol. The van der Waals surface area contributed by atoms with Gasteiger partial charge in [-0.3, -0.25) is 9.59 Å². The first-order chi connectivity index (χ1) is 15.1. The summed E-state index contributed by atoms with van der Waals surface area (Å²) in [6.45, 7) is 4.48. The highest BCUT2D eigenvalue weighted by Gasteiger charge is 2.35. The van der Waals surface area contributed by atoms with Crippen molar-refractivity contribution < 1.29 is 19.1 Å². The first kappa shape index (κ1) is 21.4. The summed E-state index contributed by atoms with van der Waals surface area (Å²) in [6.07, 6.45) is 2.99. The molecule has 2 aromatic rings. The lowest BCUT2D eigenvalue weighted by Gasteiger charge is -2.38. The van der Waals surface area contributed by atoms with E-state index in [2.05, 4.69) is 17.4 Å². The number of ether oxygens (including phenoxy) is 2. The normalized spacial score (nSPS) is 17.2. The van der Waals surface area contributed by atoms with Crippen molar-refractivity contribution in [2.24, 2.45) is 0 Å².